The van der Waals surface area contributed by atoms with Gasteiger partial charge < -0.3 is 19.4 Å². The predicted octanol–water partition coefficient (Wildman–Crippen LogP) is 3.61. The number of nitrogens with one attached hydrogen (secondary N) is 1. The van der Waals surface area contributed by atoms with Crippen molar-refractivity contribution in [3.05, 3.63) is 34.4 Å². The molecular formula is C16H17ClN2O3S. The van der Waals surface area contributed by atoms with E-state index in [0.29, 0.717) is 21.8 Å². The van der Waals surface area contributed by atoms with Gasteiger partial charge in [-0.1, -0.05) is 11.3 Å². The van der Waals surface area contributed by atoms with Crippen LogP contribution in [0.15, 0.2) is 28.7 Å². The fraction of sp³-hybridized carbons (Fsp3) is 0.438. The van der Waals surface area contributed by atoms with E-state index in [1.54, 1.807) is 24.3 Å². The number of hydrogen-bond donors (Lipinski definition) is 1. The number of halogens is 1. The number of ether oxygens (including phenoxy) is 1. The molecule has 1 N–H and O–H groups in total. The molecule has 0 saturated carbocycles. The second-order valence-corrected chi connectivity index (χ2v) is 7.42. The highest BCUT2D eigenvalue weighted by Gasteiger charge is 2.35. The lowest BCUT2D eigenvalue weighted by Crippen LogP contribution is -2.57. The average Bonchev–Trinajstić information content (AvgIpc) is 3.18. The number of carbonyl (C=O) groups is 1. The van der Waals surface area contributed by atoms with Gasteiger partial charge in [0.25, 0.3) is 11.9 Å². The fourth-order valence-electron chi connectivity index (χ4n) is 3.32. The second-order valence-electron chi connectivity index (χ2n) is 6.00. The first-order chi connectivity index (χ1) is 11.2. The molecule has 0 aliphatic carbocycles. The van der Waals surface area contributed by atoms with E-state index in [-0.39, 0.29) is 17.2 Å². The van der Waals surface area contributed by atoms with Crippen LogP contribution in [0.2, 0.25) is 5.22 Å². The molecule has 0 aromatic carbocycles. The summed E-state index contributed by atoms with van der Waals surface area (Å²) >= 11 is 7.01. The van der Waals surface area contributed by atoms with Crippen molar-refractivity contribution in [2.24, 2.45) is 5.92 Å². The summed E-state index contributed by atoms with van der Waals surface area (Å²) in [6.07, 6.45) is 2.37. The molecule has 3 saturated heterocycles. The van der Waals surface area contributed by atoms with Gasteiger partial charge in [-0.2, -0.15) is 0 Å². The van der Waals surface area contributed by atoms with Gasteiger partial charge in [0, 0.05) is 24.7 Å². The van der Waals surface area contributed by atoms with Crippen molar-refractivity contribution in [3.63, 3.8) is 0 Å². The van der Waals surface area contributed by atoms with Gasteiger partial charge in [-0.05, 0) is 55.6 Å². The minimum Gasteiger partial charge on any atom is -0.415 e. The summed E-state index contributed by atoms with van der Waals surface area (Å²) in [5.41, 5.74) is 0. The van der Waals surface area contributed by atoms with Gasteiger partial charge in [0.2, 0.25) is 0 Å². The van der Waals surface area contributed by atoms with Crippen molar-refractivity contribution >= 4 is 28.8 Å². The molecule has 3 aliphatic rings. The Hall–Kier alpha value is -1.50. The number of fused-ring (bicyclic) bond motifs is 3. The summed E-state index contributed by atoms with van der Waals surface area (Å²) in [6.45, 7) is 3.30. The smallest absolute Gasteiger partial charge is 0.292 e. The molecule has 5 rings (SSSR count). The van der Waals surface area contributed by atoms with Crippen LogP contribution in [0.5, 0.6) is 11.0 Å². The highest BCUT2D eigenvalue weighted by atomic mass is 35.5. The number of carbonyl (C=O) groups excluding carboxylic acids is 1. The molecule has 1 amide bonds. The summed E-state index contributed by atoms with van der Waals surface area (Å²) in [5, 5.41) is 4.06. The number of furan rings is 1. The zero-order valence-electron chi connectivity index (χ0n) is 12.5. The molecule has 1 atom stereocenters. The van der Waals surface area contributed by atoms with E-state index in [0.717, 1.165) is 6.54 Å². The molecule has 5 heterocycles. The van der Waals surface area contributed by atoms with Crippen molar-refractivity contribution in [2.75, 3.05) is 19.6 Å². The van der Waals surface area contributed by atoms with Crippen LogP contribution in [0.1, 0.15) is 22.5 Å². The summed E-state index contributed by atoms with van der Waals surface area (Å²) in [6, 6.07) is 7.08. The molecule has 2 bridgehead atoms. The number of hydrogen-bond acceptors (Lipinski definition) is 5. The van der Waals surface area contributed by atoms with Crippen LogP contribution in [0.4, 0.5) is 0 Å². The van der Waals surface area contributed by atoms with Gasteiger partial charge in [0.15, 0.2) is 10.3 Å². The Morgan fingerprint density at radius 1 is 1.30 bits per heavy atom. The third-order valence-electron chi connectivity index (χ3n) is 4.53. The normalized spacial score (nSPS) is 26.2. The maximum Gasteiger partial charge on any atom is 0.292 e. The summed E-state index contributed by atoms with van der Waals surface area (Å²) < 4.78 is 10.7. The van der Waals surface area contributed by atoms with Gasteiger partial charge in [-0.3, -0.25) is 4.79 Å². The van der Waals surface area contributed by atoms with Crippen molar-refractivity contribution in [2.45, 2.75) is 18.9 Å². The zero-order valence-corrected chi connectivity index (χ0v) is 14.0. The first-order valence-electron chi connectivity index (χ1n) is 7.73. The molecular weight excluding hydrogens is 336 g/mol. The monoisotopic (exact) mass is 352 g/mol. The number of piperidine rings is 3. The van der Waals surface area contributed by atoms with Crippen molar-refractivity contribution in [1.29, 1.82) is 0 Å². The Balaban J connectivity index is 1.39. The van der Waals surface area contributed by atoms with Crippen LogP contribution in [0, 0.1) is 5.92 Å². The van der Waals surface area contributed by atoms with Crippen LogP contribution in [-0.4, -0.2) is 36.5 Å². The number of rotatable bonds is 4. The highest BCUT2D eigenvalue weighted by molar-refractivity contribution is 7.15. The summed E-state index contributed by atoms with van der Waals surface area (Å²) in [4.78, 5) is 15.5. The zero-order chi connectivity index (χ0) is 15.8. The first-order valence-corrected chi connectivity index (χ1v) is 8.93. The number of amides is 1. The molecule has 3 fully saturated rings. The largest absolute Gasteiger partial charge is 0.415 e. The average molecular weight is 353 g/mol. The van der Waals surface area contributed by atoms with E-state index in [4.69, 9.17) is 20.8 Å². The Labute approximate surface area is 143 Å². The molecule has 5 nitrogen and oxygen atoms in total. The van der Waals surface area contributed by atoms with E-state index in [2.05, 4.69) is 10.2 Å². The minimum absolute atomic E-state index is 0.0268. The summed E-state index contributed by atoms with van der Waals surface area (Å²) in [5.74, 6) is 0.909. The molecule has 0 unspecified atom stereocenters. The molecule has 7 heteroatoms. The predicted molar refractivity (Wildman–Crippen MR) is 88.5 cm³/mol. The SMILES string of the molecule is O=C(N[C@H]1CN2CCC1CC2)c1ccc(Oc2ccc(Cl)o2)s1. The molecule has 0 spiro atoms. The van der Waals surface area contributed by atoms with Crippen LogP contribution in [0.3, 0.4) is 0 Å². The standard InChI is InChI=1S/C16H17ClN2O3S/c17-13-2-3-14(21-13)22-15-4-1-12(23-15)16(20)18-11-9-19-7-5-10(11)6-8-19/h1-4,10-11H,5-9H2,(H,18,20)/t11-/m0/s1. The molecule has 0 radical (unpaired) electrons. The Morgan fingerprint density at radius 2 is 2.13 bits per heavy atom. The maximum atomic E-state index is 12.4. The molecule has 122 valence electrons. The molecule has 3 aliphatic heterocycles. The Morgan fingerprint density at radius 3 is 2.78 bits per heavy atom. The van der Waals surface area contributed by atoms with Gasteiger partial charge in [0.05, 0.1) is 4.88 Å². The van der Waals surface area contributed by atoms with E-state index >= 15 is 0 Å². The van der Waals surface area contributed by atoms with Crippen LogP contribution < -0.4 is 10.1 Å². The third-order valence-corrected chi connectivity index (χ3v) is 5.69. The van der Waals surface area contributed by atoms with Crippen LogP contribution >= 0.6 is 22.9 Å². The van der Waals surface area contributed by atoms with E-state index in [9.17, 15) is 4.79 Å². The molecule has 2 aromatic rings. The number of thiophene rings is 1. The lowest BCUT2D eigenvalue weighted by Gasteiger charge is -2.44. The van der Waals surface area contributed by atoms with E-state index < -0.39 is 0 Å². The van der Waals surface area contributed by atoms with Gasteiger partial charge >= 0.3 is 0 Å². The van der Waals surface area contributed by atoms with E-state index in [1.165, 1.54) is 37.3 Å². The minimum atomic E-state index is -0.0268. The lowest BCUT2D eigenvalue weighted by atomic mass is 9.84. The van der Waals surface area contributed by atoms with Crippen molar-refractivity contribution in [3.8, 4) is 11.0 Å². The van der Waals surface area contributed by atoms with Gasteiger partial charge in [-0.25, -0.2) is 0 Å². The molecule has 23 heavy (non-hydrogen) atoms. The fourth-order valence-corrected chi connectivity index (χ4v) is 4.22. The van der Waals surface area contributed by atoms with Gasteiger partial charge in [0.1, 0.15) is 0 Å². The Kier molecular flexibility index (Phi) is 4.05. The number of nitrogens with zero attached hydrogens (tertiary/aromatic N) is 1. The molecule has 2 aromatic heterocycles. The van der Waals surface area contributed by atoms with E-state index in [1.807, 2.05) is 0 Å². The lowest BCUT2D eigenvalue weighted by molar-refractivity contribution is 0.0622. The highest BCUT2D eigenvalue weighted by Crippen LogP contribution is 2.32. The quantitative estimate of drug-likeness (QED) is 0.913. The maximum absolute atomic E-state index is 12.4. The van der Waals surface area contributed by atoms with Crippen LogP contribution in [-0.2, 0) is 0 Å². The topological polar surface area (TPSA) is 54.7 Å². The van der Waals surface area contributed by atoms with Crippen LogP contribution in [0.25, 0.3) is 0 Å². The van der Waals surface area contributed by atoms with Crippen molar-refractivity contribution in [1.82, 2.24) is 10.2 Å². The Bertz CT molecular complexity index is 706. The first kappa shape index (κ1) is 15.1. The van der Waals surface area contributed by atoms with Crippen molar-refractivity contribution < 1.29 is 13.9 Å². The van der Waals surface area contributed by atoms with Gasteiger partial charge in [-0.15, -0.1) is 0 Å². The summed E-state index contributed by atoms with van der Waals surface area (Å²) in [7, 11) is 0. The second kappa shape index (κ2) is 6.19. The third kappa shape index (κ3) is 3.24.